The van der Waals surface area contributed by atoms with Crippen LogP contribution in [0, 0.1) is 31.6 Å². The van der Waals surface area contributed by atoms with Crippen molar-refractivity contribution >= 4 is 11.8 Å². The average Bonchev–Trinajstić information content (AvgIpc) is 2.91. The number of nitrogens with one attached hydrogen (secondary N) is 2. The number of carbonyl (C=O) groups excluding carboxylic acids is 1. The van der Waals surface area contributed by atoms with E-state index in [4.69, 9.17) is 0 Å². The minimum atomic E-state index is -0.157. The Balaban J connectivity index is 1.30. The summed E-state index contributed by atoms with van der Waals surface area (Å²) in [6.45, 7) is 3.93. The predicted molar refractivity (Wildman–Crippen MR) is 102 cm³/mol. The third-order valence-corrected chi connectivity index (χ3v) is 6.54. The molecule has 7 nitrogen and oxygen atoms in total. The van der Waals surface area contributed by atoms with Crippen LogP contribution in [0.4, 0.5) is 10.6 Å². The van der Waals surface area contributed by atoms with Gasteiger partial charge in [0.15, 0.2) is 5.82 Å². The minimum absolute atomic E-state index is 0.00955. The SMILES string of the molecule is Cc1cc(C)n(-c2cc(NC(=O)NC34CC5CC(CC(C5)C3)C4)ncn2)n1. The van der Waals surface area contributed by atoms with Crippen LogP contribution < -0.4 is 10.6 Å². The number of hydrogen-bond acceptors (Lipinski definition) is 4. The minimum Gasteiger partial charge on any atom is -0.332 e. The van der Waals surface area contributed by atoms with Crippen molar-refractivity contribution in [1.29, 1.82) is 0 Å². The van der Waals surface area contributed by atoms with Gasteiger partial charge in [-0.05, 0) is 76.2 Å². The zero-order valence-electron chi connectivity index (χ0n) is 15.9. The van der Waals surface area contributed by atoms with E-state index in [1.165, 1.54) is 25.6 Å². The first-order valence-corrected chi connectivity index (χ1v) is 9.93. The number of urea groups is 1. The highest BCUT2D eigenvalue weighted by atomic mass is 16.2. The normalized spacial score (nSPS) is 31.1. The molecule has 2 amide bonds. The monoisotopic (exact) mass is 366 g/mol. The first-order valence-electron chi connectivity index (χ1n) is 9.93. The summed E-state index contributed by atoms with van der Waals surface area (Å²) in [5.41, 5.74) is 1.92. The summed E-state index contributed by atoms with van der Waals surface area (Å²) in [6, 6.07) is 3.60. The molecule has 4 aliphatic rings. The highest BCUT2D eigenvalue weighted by molar-refractivity contribution is 5.89. The molecule has 6 rings (SSSR count). The van der Waals surface area contributed by atoms with E-state index in [0.717, 1.165) is 48.4 Å². The van der Waals surface area contributed by atoms with Crippen molar-refractivity contribution in [3.63, 3.8) is 0 Å². The molecule has 4 aliphatic carbocycles. The van der Waals surface area contributed by atoms with Gasteiger partial charge in [-0.1, -0.05) is 0 Å². The maximum Gasteiger partial charge on any atom is 0.320 e. The molecule has 0 radical (unpaired) electrons. The smallest absolute Gasteiger partial charge is 0.320 e. The first kappa shape index (κ1) is 16.7. The summed E-state index contributed by atoms with van der Waals surface area (Å²) in [6.07, 6.45) is 8.95. The lowest BCUT2D eigenvalue weighted by atomic mass is 9.53. The molecular formula is C20H26N6O. The molecule has 4 bridgehead atoms. The number of aryl methyl sites for hydroxylation is 2. The van der Waals surface area contributed by atoms with Crippen molar-refractivity contribution in [3.05, 3.63) is 29.8 Å². The van der Waals surface area contributed by atoms with Crippen LogP contribution in [0.5, 0.6) is 0 Å². The molecule has 4 fully saturated rings. The fourth-order valence-electron chi connectivity index (χ4n) is 6.04. The molecule has 2 N–H and O–H groups in total. The lowest BCUT2D eigenvalue weighted by molar-refractivity contribution is -0.0127. The Kier molecular flexibility index (Phi) is 3.74. The number of nitrogens with zero attached hydrogens (tertiary/aromatic N) is 4. The van der Waals surface area contributed by atoms with Gasteiger partial charge in [-0.15, -0.1) is 0 Å². The second-order valence-corrected chi connectivity index (χ2v) is 8.88. The molecule has 2 aromatic heterocycles. The molecule has 142 valence electrons. The van der Waals surface area contributed by atoms with Gasteiger partial charge in [0.25, 0.3) is 0 Å². The van der Waals surface area contributed by atoms with Crippen molar-refractivity contribution < 1.29 is 4.79 Å². The molecule has 0 saturated heterocycles. The van der Waals surface area contributed by atoms with E-state index in [9.17, 15) is 4.79 Å². The van der Waals surface area contributed by atoms with Crippen molar-refractivity contribution in [2.75, 3.05) is 5.32 Å². The Morgan fingerprint density at radius 1 is 1.07 bits per heavy atom. The van der Waals surface area contributed by atoms with Crippen LogP contribution in [0.3, 0.4) is 0 Å². The summed E-state index contributed by atoms with van der Waals surface area (Å²) >= 11 is 0. The average molecular weight is 366 g/mol. The Morgan fingerprint density at radius 3 is 2.33 bits per heavy atom. The van der Waals surface area contributed by atoms with E-state index in [2.05, 4.69) is 25.7 Å². The lowest BCUT2D eigenvalue weighted by Gasteiger charge is -2.56. The molecule has 0 spiro atoms. The molecule has 4 saturated carbocycles. The Bertz CT molecular complexity index is 853. The van der Waals surface area contributed by atoms with Crippen LogP contribution in [0.15, 0.2) is 18.5 Å². The molecule has 2 heterocycles. The summed E-state index contributed by atoms with van der Waals surface area (Å²) in [4.78, 5) is 21.2. The zero-order valence-corrected chi connectivity index (χ0v) is 15.9. The Labute approximate surface area is 159 Å². The molecule has 27 heavy (non-hydrogen) atoms. The molecule has 0 aromatic carbocycles. The summed E-state index contributed by atoms with van der Waals surface area (Å²) in [5, 5.41) is 10.7. The summed E-state index contributed by atoms with van der Waals surface area (Å²) < 4.78 is 1.76. The quantitative estimate of drug-likeness (QED) is 0.872. The molecular weight excluding hydrogens is 340 g/mol. The van der Waals surface area contributed by atoms with Crippen LogP contribution in [0.25, 0.3) is 5.82 Å². The second-order valence-electron chi connectivity index (χ2n) is 8.88. The number of carbonyl (C=O) groups is 1. The van der Waals surface area contributed by atoms with Crippen LogP contribution in [-0.4, -0.2) is 31.3 Å². The third-order valence-electron chi connectivity index (χ3n) is 6.54. The van der Waals surface area contributed by atoms with Crippen molar-refractivity contribution in [2.24, 2.45) is 17.8 Å². The number of aromatic nitrogens is 4. The maximum absolute atomic E-state index is 12.7. The Hall–Kier alpha value is -2.44. The van der Waals surface area contributed by atoms with Gasteiger partial charge < -0.3 is 5.32 Å². The number of amides is 2. The van der Waals surface area contributed by atoms with Gasteiger partial charge in [0.05, 0.1) is 5.69 Å². The van der Waals surface area contributed by atoms with Gasteiger partial charge in [0, 0.05) is 17.3 Å². The van der Waals surface area contributed by atoms with Crippen molar-refractivity contribution in [1.82, 2.24) is 25.1 Å². The lowest BCUT2D eigenvalue weighted by Crippen LogP contribution is -2.60. The maximum atomic E-state index is 12.7. The van der Waals surface area contributed by atoms with E-state index >= 15 is 0 Å². The summed E-state index contributed by atoms with van der Waals surface area (Å²) in [7, 11) is 0. The fraction of sp³-hybridized carbons (Fsp3) is 0.600. The van der Waals surface area contributed by atoms with Gasteiger partial charge in [0.1, 0.15) is 12.1 Å². The highest BCUT2D eigenvalue weighted by Gasteiger charge is 2.51. The molecule has 0 unspecified atom stereocenters. The molecule has 2 aromatic rings. The Morgan fingerprint density at radius 2 is 1.74 bits per heavy atom. The van der Waals surface area contributed by atoms with Gasteiger partial charge >= 0.3 is 6.03 Å². The second kappa shape index (κ2) is 6.04. The van der Waals surface area contributed by atoms with Crippen LogP contribution in [-0.2, 0) is 0 Å². The fourth-order valence-corrected chi connectivity index (χ4v) is 6.04. The van der Waals surface area contributed by atoms with Crippen LogP contribution in [0.2, 0.25) is 0 Å². The van der Waals surface area contributed by atoms with E-state index < -0.39 is 0 Å². The highest BCUT2D eigenvalue weighted by Crippen LogP contribution is 2.55. The largest absolute Gasteiger partial charge is 0.332 e. The van der Waals surface area contributed by atoms with E-state index in [0.29, 0.717) is 11.6 Å². The van der Waals surface area contributed by atoms with E-state index in [-0.39, 0.29) is 11.6 Å². The topological polar surface area (TPSA) is 84.7 Å². The van der Waals surface area contributed by atoms with Crippen LogP contribution >= 0.6 is 0 Å². The van der Waals surface area contributed by atoms with Gasteiger partial charge in [-0.2, -0.15) is 5.10 Å². The van der Waals surface area contributed by atoms with Gasteiger partial charge in [0.2, 0.25) is 0 Å². The number of anilines is 1. The molecule has 0 atom stereocenters. The zero-order chi connectivity index (χ0) is 18.6. The predicted octanol–water partition coefficient (Wildman–Crippen LogP) is 3.37. The van der Waals surface area contributed by atoms with Crippen molar-refractivity contribution in [2.45, 2.75) is 57.9 Å². The summed E-state index contributed by atoms with van der Waals surface area (Å²) in [5.74, 6) is 3.55. The third kappa shape index (κ3) is 3.09. The molecule has 0 aliphatic heterocycles. The first-order chi connectivity index (χ1) is 13.0. The van der Waals surface area contributed by atoms with Crippen molar-refractivity contribution in [3.8, 4) is 5.82 Å². The van der Waals surface area contributed by atoms with Gasteiger partial charge in [-0.3, -0.25) is 5.32 Å². The standard InChI is InChI=1S/C20H26N6O/c1-12-3-13(2)26(25-12)18-7-17(21-11-22-18)23-19(27)24-20-8-14-4-15(9-20)6-16(5-14)10-20/h3,7,11,14-16H,4-6,8-10H2,1-2H3,(H2,21,22,23,24,27). The van der Waals surface area contributed by atoms with E-state index in [1.807, 2.05) is 19.9 Å². The molecule has 7 heteroatoms. The number of hydrogen-bond donors (Lipinski definition) is 2. The van der Waals surface area contributed by atoms with Crippen LogP contribution in [0.1, 0.15) is 49.9 Å². The number of rotatable bonds is 3. The van der Waals surface area contributed by atoms with E-state index in [1.54, 1.807) is 10.7 Å². The van der Waals surface area contributed by atoms with Gasteiger partial charge in [-0.25, -0.2) is 19.4 Å².